The zero-order valence-electron chi connectivity index (χ0n) is 19.0. The molecule has 0 aliphatic carbocycles. The normalized spacial score (nSPS) is 22.3. The number of nitriles is 1. The van der Waals surface area contributed by atoms with E-state index in [9.17, 15) is 23.1 Å². The van der Waals surface area contributed by atoms with Crippen LogP contribution in [0.2, 0.25) is 0 Å². The smallest absolute Gasteiger partial charge is 0.396 e. The maximum atomic E-state index is 13.5. The minimum Gasteiger partial charge on any atom is -0.396 e. The van der Waals surface area contributed by atoms with Crippen LogP contribution in [0.5, 0.6) is 0 Å². The lowest BCUT2D eigenvalue weighted by Gasteiger charge is -2.43. The molecule has 2 atom stereocenters. The number of para-hydroxylation sites is 1. The van der Waals surface area contributed by atoms with E-state index in [0.717, 1.165) is 22.5 Å². The van der Waals surface area contributed by atoms with Crippen LogP contribution in [0.25, 0.3) is 10.9 Å². The summed E-state index contributed by atoms with van der Waals surface area (Å²) in [4.78, 5) is 20.0. The number of benzene rings is 2. The molecule has 0 saturated carbocycles. The molecule has 3 heterocycles. The number of aliphatic hydroxyl groups is 1. The summed E-state index contributed by atoms with van der Waals surface area (Å²) in [7, 11) is 0. The number of rotatable bonds is 4. The van der Waals surface area contributed by atoms with Gasteiger partial charge < -0.3 is 19.9 Å². The quantitative estimate of drug-likeness (QED) is 0.590. The van der Waals surface area contributed by atoms with Gasteiger partial charge in [0.1, 0.15) is 0 Å². The van der Waals surface area contributed by atoms with Crippen LogP contribution in [0.3, 0.4) is 0 Å². The van der Waals surface area contributed by atoms with Crippen LogP contribution in [0.15, 0.2) is 48.7 Å². The number of piperidine rings is 1. The summed E-state index contributed by atoms with van der Waals surface area (Å²) in [5.41, 5.74) is 0.268. The second kappa shape index (κ2) is 8.61. The van der Waals surface area contributed by atoms with E-state index in [-0.39, 0.29) is 24.9 Å². The summed E-state index contributed by atoms with van der Waals surface area (Å²) in [6, 6.07) is 13.1. The Morgan fingerprint density at radius 1 is 1.23 bits per heavy atom. The molecular formula is C26H25F3N4O2. The average Bonchev–Trinajstić information content (AvgIpc) is 3.44. The summed E-state index contributed by atoms with van der Waals surface area (Å²) in [6.07, 6.45) is -1.88. The van der Waals surface area contributed by atoms with E-state index in [1.165, 1.54) is 12.1 Å². The molecule has 2 saturated heterocycles. The summed E-state index contributed by atoms with van der Waals surface area (Å²) < 4.78 is 40.4. The average molecular weight is 483 g/mol. The third kappa shape index (κ3) is 4.12. The largest absolute Gasteiger partial charge is 0.417 e. The van der Waals surface area contributed by atoms with Crippen LogP contribution in [-0.2, 0) is 17.4 Å². The third-order valence-electron chi connectivity index (χ3n) is 7.54. The minimum absolute atomic E-state index is 0.0304. The van der Waals surface area contributed by atoms with Crippen LogP contribution in [0, 0.1) is 22.7 Å². The first-order valence-corrected chi connectivity index (χ1v) is 11.5. The number of aromatic amines is 1. The van der Waals surface area contributed by atoms with Crippen LogP contribution >= 0.6 is 0 Å². The van der Waals surface area contributed by atoms with Crippen molar-refractivity contribution in [1.29, 1.82) is 5.26 Å². The van der Waals surface area contributed by atoms with Crippen molar-refractivity contribution in [3.63, 3.8) is 0 Å². The van der Waals surface area contributed by atoms with Gasteiger partial charge in [-0.1, -0.05) is 18.2 Å². The van der Waals surface area contributed by atoms with E-state index in [1.54, 1.807) is 11.0 Å². The Balaban J connectivity index is 1.35. The Kier molecular flexibility index (Phi) is 5.72. The molecule has 0 bridgehead atoms. The number of aliphatic hydroxyl groups excluding tert-OH is 1. The summed E-state index contributed by atoms with van der Waals surface area (Å²) >= 11 is 0. The fourth-order valence-electron chi connectivity index (χ4n) is 5.63. The molecule has 5 rings (SSSR count). The van der Waals surface area contributed by atoms with E-state index in [0.29, 0.717) is 38.3 Å². The highest BCUT2D eigenvalue weighted by Crippen LogP contribution is 2.44. The first-order valence-electron chi connectivity index (χ1n) is 11.5. The van der Waals surface area contributed by atoms with Crippen LogP contribution in [-0.4, -0.2) is 53.7 Å². The standard InChI is InChI=1S/C26H25F3N4O2/c27-26(28,29)22-10-20(6-5-17(22)11-30)33-13-19-7-8-32(14-25(19,15-33)16-34)24(35)9-18-12-31-23-4-2-1-3-21(18)23/h1-6,10,12,19,31,34H,7-9,13-16H2. The number of halogens is 3. The predicted octanol–water partition coefficient (Wildman–Crippen LogP) is 3.95. The lowest BCUT2D eigenvalue weighted by Crippen LogP contribution is -2.53. The summed E-state index contributed by atoms with van der Waals surface area (Å²) in [6.45, 7) is 1.58. The van der Waals surface area contributed by atoms with Gasteiger partial charge in [-0.25, -0.2) is 0 Å². The van der Waals surface area contributed by atoms with E-state index >= 15 is 0 Å². The number of H-pyrrole nitrogens is 1. The minimum atomic E-state index is -4.63. The molecule has 0 spiro atoms. The number of amides is 1. The van der Waals surface area contributed by atoms with E-state index in [2.05, 4.69) is 4.98 Å². The maximum absolute atomic E-state index is 13.5. The van der Waals surface area contributed by atoms with E-state index in [4.69, 9.17) is 5.26 Å². The summed E-state index contributed by atoms with van der Waals surface area (Å²) in [5, 5.41) is 20.5. The number of likely N-dealkylation sites (tertiary alicyclic amines) is 1. The van der Waals surface area contributed by atoms with Crippen molar-refractivity contribution in [1.82, 2.24) is 9.88 Å². The second-order valence-electron chi connectivity index (χ2n) is 9.58. The number of carbonyl (C=O) groups excluding carboxylic acids is 1. The highest BCUT2D eigenvalue weighted by molar-refractivity contribution is 5.89. The molecule has 3 aromatic rings. The van der Waals surface area contributed by atoms with Gasteiger partial charge in [-0.2, -0.15) is 18.4 Å². The van der Waals surface area contributed by atoms with Crippen molar-refractivity contribution in [2.75, 3.05) is 37.7 Å². The fourth-order valence-corrected chi connectivity index (χ4v) is 5.63. The molecule has 9 heteroatoms. The molecule has 1 amide bonds. The highest BCUT2D eigenvalue weighted by Gasteiger charge is 2.50. The molecule has 0 radical (unpaired) electrons. The Hall–Kier alpha value is -3.51. The second-order valence-corrected chi connectivity index (χ2v) is 9.58. The van der Waals surface area contributed by atoms with Gasteiger partial charge >= 0.3 is 6.18 Å². The van der Waals surface area contributed by atoms with Gasteiger partial charge in [0.25, 0.3) is 0 Å². The lowest BCUT2D eigenvalue weighted by molar-refractivity contribution is -0.138. The van der Waals surface area contributed by atoms with Crippen molar-refractivity contribution >= 4 is 22.5 Å². The monoisotopic (exact) mass is 482 g/mol. The van der Waals surface area contributed by atoms with E-state index < -0.39 is 22.7 Å². The van der Waals surface area contributed by atoms with Gasteiger partial charge in [-0.3, -0.25) is 4.79 Å². The number of hydrogen-bond donors (Lipinski definition) is 2. The summed E-state index contributed by atoms with van der Waals surface area (Å²) in [5.74, 6) is 0.0202. The highest BCUT2D eigenvalue weighted by atomic mass is 19.4. The molecule has 35 heavy (non-hydrogen) atoms. The van der Waals surface area contributed by atoms with Crippen LogP contribution in [0.1, 0.15) is 23.1 Å². The third-order valence-corrected chi connectivity index (χ3v) is 7.54. The van der Waals surface area contributed by atoms with Gasteiger partial charge in [-0.15, -0.1) is 0 Å². The first-order chi connectivity index (χ1) is 16.7. The molecule has 2 aliphatic rings. The predicted molar refractivity (Wildman–Crippen MR) is 125 cm³/mol. The number of carbonyl (C=O) groups is 1. The Morgan fingerprint density at radius 2 is 2.03 bits per heavy atom. The van der Waals surface area contributed by atoms with Crippen molar-refractivity contribution in [2.45, 2.75) is 19.0 Å². The first kappa shape index (κ1) is 23.2. The number of hydrogen-bond acceptors (Lipinski definition) is 4. The van der Waals surface area contributed by atoms with Crippen LogP contribution in [0.4, 0.5) is 18.9 Å². The van der Waals surface area contributed by atoms with Crippen molar-refractivity contribution < 1.29 is 23.1 Å². The molecule has 2 unspecified atom stereocenters. The van der Waals surface area contributed by atoms with Gasteiger partial charge in [0.15, 0.2) is 0 Å². The number of anilines is 1. The van der Waals surface area contributed by atoms with E-state index in [1.807, 2.05) is 35.4 Å². The number of nitrogens with one attached hydrogen (secondary N) is 1. The Bertz CT molecular complexity index is 1310. The Morgan fingerprint density at radius 3 is 2.77 bits per heavy atom. The number of nitrogens with zero attached hydrogens (tertiary/aromatic N) is 3. The molecule has 1 aromatic heterocycles. The van der Waals surface area contributed by atoms with Crippen molar-refractivity contribution in [3.05, 3.63) is 65.4 Å². The maximum Gasteiger partial charge on any atom is 0.417 e. The van der Waals surface area contributed by atoms with Gasteiger partial charge in [0.05, 0.1) is 30.2 Å². The van der Waals surface area contributed by atoms with Crippen LogP contribution < -0.4 is 4.90 Å². The van der Waals surface area contributed by atoms with Crippen molar-refractivity contribution in [2.24, 2.45) is 11.3 Å². The number of aromatic nitrogens is 1. The fraction of sp³-hybridized carbons (Fsp3) is 0.385. The SMILES string of the molecule is N#Cc1ccc(N2CC3CCN(C(=O)Cc4c[nH]c5ccccc45)CC3(CO)C2)cc1C(F)(F)F. The van der Waals surface area contributed by atoms with Crippen molar-refractivity contribution in [3.8, 4) is 6.07 Å². The lowest BCUT2D eigenvalue weighted by atomic mass is 9.74. The van der Waals surface area contributed by atoms with Gasteiger partial charge in [0, 0.05) is 54.4 Å². The molecular weight excluding hydrogens is 457 g/mol. The molecule has 2 aromatic carbocycles. The topological polar surface area (TPSA) is 83.4 Å². The number of alkyl halides is 3. The number of fused-ring (bicyclic) bond motifs is 2. The Labute approximate surface area is 200 Å². The zero-order valence-corrected chi connectivity index (χ0v) is 19.0. The molecule has 2 aliphatic heterocycles. The zero-order chi connectivity index (χ0) is 24.8. The molecule has 6 nitrogen and oxygen atoms in total. The van der Waals surface area contributed by atoms with Gasteiger partial charge in [0.2, 0.25) is 5.91 Å². The molecule has 2 N–H and O–H groups in total. The molecule has 182 valence electrons. The van der Waals surface area contributed by atoms with Gasteiger partial charge in [-0.05, 0) is 42.2 Å². The molecule has 2 fully saturated rings.